The van der Waals surface area contributed by atoms with Gasteiger partial charge in [-0.2, -0.15) is 0 Å². The van der Waals surface area contributed by atoms with Crippen molar-refractivity contribution in [2.75, 3.05) is 13.4 Å². The van der Waals surface area contributed by atoms with Crippen LogP contribution in [0.2, 0.25) is 0 Å². The van der Waals surface area contributed by atoms with E-state index in [4.69, 9.17) is 4.74 Å². The lowest BCUT2D eigenvalue weighted by atomic mass is 10.1. The summed E-state index contributed by atoms with van der Waals surface area (Å²) in [5.41, 5.74) is 0.510. The Bertz CT molecular complexity index is 479. The number of halogens is 1. The van der Waals surface area contributed by atoms with Crippen molar-refractivity contribution in [2.24, 2.45) is 0 Å². The highest BCUT2D eigenvalue weighted by Crippen LogP contribution is 2.38. The molecule has 6 heteroatoms. The molecule has 1 N–H and O–H groups in total. The summed E-state index contributed by atoms with van der Waals surface area (Å²) in [6.07, 6.45) is -0.0718. The lowest BCUT2D eigenvalue weighted by Crippen LogP contribution is -2.34. The Morgan fingerprint density at radius 3 is 2.18 bits per heavy atom. The molecular weight excluding hydrogens is 308 g/mol. The highest BCUT2D eigenvalue weighted by Gasteiger charge is 2.41. The second kappa shape index (κ2) is 4.96. The van der Waals surface area contributed by atoms with Crippen LogP contribution in [0.15, 0.2) is 24.3 Å². The first-order valence-electron chi connectivity index (χ1n) is 4.90. The molecule has 0 radical (unpaired) electrons. The number of hydrogen-bond donors (Lipinski definition) is 1. The quantitative estimate of drug-likeness (QED) is 0.860. The Morgan fingerprint density at radius 2 is 1.82 bits per heavy atom. The number of ether oxygens (including phenoxy) is 1. The van der Waals surface area contributed by atoms with Gasteiger partial charge in [0.1, 0.15) is 11.9 Å². The fraction of sp³-hybridized carbons (Fsp3) is 0.455. The van der Waals surface area contributed by atoms with Crippen molar-refractivity contribution in [1.82, 2.24) is 0 Å². The number of hydrogen-bond acceptors (Lipinski definition) is 4. The average Bonchev–Trinajstić information content (AvgIpc) is 2.26. The van der Waals surface area contributed by atoms with Gasteiger partial charge < -0.3 is 9.84 Å². The van der Waals surface area contributed by atoms with Gasteiger partial charge in [0.05, 0.1) is 7.11 Å². The first-order valence-corrected chi connectivity index (χ1v) is 7.59. The first kappa shape index (κ1) is 14.5. The molecule has 1 rings (SSSR count). The van der Waals surface area contributed by atoms with E-state index in [1.807, 2.05) is 0 Å². The minimum absolute atomic E-state index is 0.510. The van der Waals surface area contributed by atoms with Crippen molar-refractivity contribution in [3.8, 4) is 5.75 Å². The van der Waals surface area contributed by atoms with Crippen LogP contribution in [0.4, 0.5) is 0 Å². The molecule has 0 aliphatic carbocycles. The van der Waals surface area contributed by atoms with Gasteiger partial charge in [0, 0.05) is 6.26 Å². The molecule has 0 amide bonds. The Hall–Kier alpha value is -0.590. The van der Waals surface area contributed by atoms with Gasteiger partial charge in [-0.15, -0.1) is 0 Å². The molecule has 0 aromatic heterocycles. The van der Waals surface area contributed by atoms with Crippen LogP contribution in [0.5, 0.6) is 5.75 Å². The zero-order valence-electron chi connectivity index (χ0n) is 9.84. The molecule has 1 aromatic rings. The highest BCUT2D eigenvalue weighted by atomic mass is 79.9. The SMILES string of the molecule is COc1ccc(C(O)C(C)(Br)S(C)(=O)=O)cc1. The summed E-state index contributed by atoms with van der Waals surface area (Å²) < 4.78 is 26.7. The number of aliphatic hydroxyl groups is 1. The Labute approximate surface area is 110 Å². The third kappa shape index (κ3) is 3.00. The van der Waals surface area contributed by atoms with E-state index in [1.54, 1.807) is 24.3 Å². The maximum atomic E-state index is 11.6. The van der Waals surface area contributed by atoms with Gasteiger partial charge in [-0.3, -0.25) is 0 Å². The Morgan fingerprint density at radius 1 is 1.35 bits per heavy atom. The number of sulfone groups is 1. The van der Waals surface area contributed by atoms with Crippen molar-refractivity contribution < 1.29 is 18.3 Å². The Balaban J connectivity index is 3.08. The summed E-state index contributed by atoms with van der Waals surface area (Å²) in [7, 11) is -1.89. The molecule has 0 aliphatic heterocycles. The number of alkyl halides is 1. The van der Waals surface area contributed by atoms with Crippen LogP contribution in [0.3, 0.4) is 0 Å². The van der Waals surface area contributed by atoms with E-state index in [1.165, 1.54) is 14.0 Å². The van der Waals surface area contributed by atoms with E-state index in [-0.39, 0.29) is 0 Å². The summed E-state index contributed by atoms with van der Waals surface area (Å²) in [6.45, 7) is 1.43. The lowest BCUT2D eigenvalue weighted by Gasteiger charge is -2.26. The van der Waals surface area contributed by atoms with Gasteiger partial charge in [-0.05, 0) is 24.6 Å². The predicted molar refractivity (Wildman–Crippen MR) is 70.1 cm³/mol. The molecule has 0 saturated carbocycles. The van der Waals surface area contributed by atoms with Crippen molar-refractivity contribution >= 4 is 25.8 Å². The van der Waals surface area contributed by atoms with E-state index in [9.17, 15) is 13.5 Å². The monoisotopic (exact) mass is 322 g/mol. The smallest absolute Gasteiger partial charge is 0.165 e. The molecule has 4 nitrogen and oxygen atoms in total. The van der Waals surface area contributed by atoms with Crippen LogP contribution in [-0.4, -0.2) is 30.5 Å². The molecule has 0 aliphatic rings. The summed E-state index contributed by atoms with van der Waals surface area (Å²) >= 11 is 3.07. The minimum Gasteiger partial charge on any atom is -0.497 e. The zero-order chi connectivity index (χ0) is 13.3. The molecule has 2 unspecified atom stereocenters. The van der Waals surface area contributed by atoms with E-state index in [2.05, 4.69) is 15.9 Å². The lowest BCUT2D eigenvalue weighted by molar-refractivity contribution is 0.168. The topological polar surface area (TPSA) is 63.6 Å². The normalized spacial score (nSPS) is 17.2. The van der Waals surface area contributed by atoms with Crippen LogP contribution in [0.1, 0.15) is 18.6 Å². The summed E-state index contributed by atoms with van der Waals surface area (Å²) in [6, 6.07) is 6.61. The minimum atomic E-state index is -3.43. The van der Waals surface area contributed by atoms with E-state index >= 15 is 0 Å². The first-order chi connectivity index (χ1) is 7.70. The Kier molecular flexibility index (Phi) is 4.22. The van der Waals surface area contributed by atoms with Crippen molar-refractivity contribution in [3.63, 3.8) is 0 Å². The fourth-order valence-electron chi connectivity index (χ4n) is 1.29. The van der Waals surface area contributed by atoms with Crippen LogP contribution in [0.25, 0.3) is 0 Å². The third-order valence-corrected chi connectivity index (χ3v) is 6.52. The molecule has 0 heterocycles. The molecule has 96 valence electrons. The predicted octanol–water partition coefficient (Wildman–Crippen LogP) is 1.88. The van der Waals surface area contributed by atoms with Crippen molar-refractivity contribution in [1.29, 1.82) is 0 Å². The largest absolute Gasteiger partial charge is 0.497 e. The highest BCUT2D eigenvalue weighted by molar-refractivity contribution is 9.11. The second-order valence-corrected chi connectivity index (χ2v) is 8.50. The van der Waals surface area contributed by atoms with Gasteiger partial charge in [0.15, 0.2) is 13.5 Å². The molecule has 0 fully saturated rings. The van der Waals surface area contributed by atoms with Gasteiger partial charge >= 0.3 is 0 Å². The second-order valence-electron chi connectivity index (χ2n) is 3.93. The van der Waals surface area contributed by atoms with Crippen molar-refractivity contribution in [2.45, 2.75) is 16.7 Å². The van der Waals surface area contributed by atoms with Crippen molar-refractivity contribution in [3.05, 3.63) is 29.8 Å². The van der Waals surface area contributed by atoms with Crippen LogP contribution >= 0.6 is 15.9 Å². The molecule has 17 heavy (non-hydrogen) atoms. The van der Waals surface area contributed by atoms with Gasteiger partial charge in [-0.1, -0.05) is 28.1 Å². The number of aliphatic hydroxyl groups excluding tert-OH is 1. The molecular formula is C11H15BrO4S. The molecule has 0 bridgehead atoms. The number of rotatable bonds is 4. The van der Waals surface area contributed by atoms with E-state index in [0.717, 1.165) is 6.26 Å². The summed E-state index contributed by atoms with van der Waals surface area (Å²) in [5.74, 6) is 0.650. The van der Waals surface area contributed by atoms with Gasteiger partial charge in [0.2, 0.25) is 0 Å². The van der Waals surface area contributed by atoms with Gasteiger partial charge in [-0.25, -0.2) is 8.42 Å². The van der Waals surface area contributed by atoms with E-state index in [0.29, 0.717) is 11.3 Å². The third-order valence-electron chi connectivity index (χ3n) is 2.64. The molecule has 1 aromatic carbocycles. The number of benzene rings is 1. The molecule has 0 spiro atoms. The standard InChI is InChI=1S/C11H15BrO4S/c1-11(12,17(3,14)15)10(13)8-4-6-9(16-2)7-5-8/h4-7,10,13H,1-3H3. The molecule has 0 saturated heterocycles. The van der Waals surface area contributed by atoms with Crippen LogP contribution < -0.4 is 4.74 Å². The van der Waals surface area contributed by atoms with Gasteiger partial charge in [0.25, 0.3) is 0 Å². The summed E-state index contributed by atoms with van der Waals surface area (Å²) in [5, 5.41) is 10.1. The average molecular weight is 323 g/mol. The maximum Gasteiger partial charge on any atom is 0.165 e. The van der Waals surface area contributed by atoms with E-state index < -0.39 is 19.6 Å². The van der Waals surface area contributed by atoms with Crippen LogP contribution in [0, 0.1) is 0 Å². The maximum absolute atomic E-state index is 11.6. The number of methoxy groups -OCH3 is 1. The zero-order valence-corrected chi connectivity index (χ0v) is 12.2. The summed E-state index contributed by atoms with van der Waals surface area (Å²) in [4.78, 5) is 0. The fourth-order valence-corrected chi connectivity index (χ4v) is 2.09. The molecule has 2 atom stereocenters. The van der Waals surface area contributed by atoms with Crippen LogP contribution in [-0.2, 0) is 9.84 Å².